The highest BCUT2D eigenvalue weighted by Crippen LogP contribution is 2.24. The van der Waals surface area contributed by atoms with Crippen molar-refractivity contribution in [3.63, 3.8) is 0 Å². The van der Waals surface area contributed by atoms with Crippen molar-refractivity contribution in [1.82, 2.24) is 10.3 Å². The molecule has 0 aromatic carbocycles. The Kier molecular flexibility index (Phi) is 3.68. The average molecular weight is 238 g/mol. The van der Waals surface area contributed by atoms with Gasteiger partial charge in [-0.15, -0.1) is 0 Å². The zero-order valence-corrected chi connectivity index (χ0v) is 9.40. The molecule has 92 valence electrons. The summed E-state index contributed by atoms with van der Waals surface area (Å²) in [5.74, 6) is -0.768. The van der Waals surface area contributed by atoms with Gasteiger partial charge in [0.05, 0.1) is 17.9 Å². The highest BCUT2D eigenvalue weighted by Gasteiger charge is 2.25. The molecular formula is C12H15FN2O2. The lowest BCUT2D eigenvalue weighted by Gasteiger charge is -2.14. The van der Waals surface area contributed by atoms with Crippen LogP contribution in [0, 0.1) is 11.7 Å². The SMILES string of the molecule is O=C(NCC1CCCC1O)c1cncc(F)c1. The fraction of sp³-hybridized carbons (Fsp3) is 0.500. The third-order valence-electron chi connectivity index (χ3n) is 3.11. The van der Waals surface area contributed by atoms with Crippen LogP contribution in [-0.2, 0) is 0 Å². The Bertz CT molecular complexity index is 411. The molecule has 1 heterocycles. The largest absolute Gasteiger partial charge is 0.393 e. The van der Waals surface area contributed by atoms with Crippen molar-refractivity contribution in [1.29, 1.82) is 0 Å². The minimum absolute atomic E-state index is 0.112. The first kappa shape index (κ1) is 12.0. The lowest BCUT2D eigenvalue weighted by molar-refractivity contribution is 0.0916. The minimum Gasteiger partial charge on any atom is -0.393 e. The molecule has 2 unspecified atom stereocenters. The molecule has 4 nitrogen and oxygen atoms in total. The molecule has 0 radical (unpaired) electrons. The molecule has 0 aliphatic heterocycles. The number of halogens is 1. The molecule has 1 saturated carbocycles. The standard InChI is InChI=1S/C12H15FN2O2/c13-10-4-9(5-14-7-10)12(17)15-6-8-2-1-3-11(8)16/h4-5,7-8,11,16H,1-3,6H2,(H,15,17). The number of carbonyl (C=O) groups is 1. The van der Waals surface area contributed by atoms with Crippen molar-refractivity contribution in [3.05, 3.63) is 29.8 Å². The summed E-state index contributed by atoms with van der Waals surface area (Å²) in [7, 11) is 0. The first-order valence-corrected chi connectivity index (χ1v) is 5.73. The van der Waals surface area contributed by atoms with Gasteiger partial charge in [0, 0.05) is 18.7 Å². The van der Waals surface area contributed by atoms with Crippen molar-refractivity contribution in [2.24, 2.45) is 5.92 Å². The maximum atomic E-state index is 12.8. The van der Waals surface area contributed by atoms with Crippen molar-refractivity contribution in [2.45, 2.75) is 25.4 Å². The molecule has 1 amide bonds. The first-order chi connectivity index (χ1) is 8.16. The van der Waals surface area contributed by atoms with Crippen LogP contribution in [0.3, 0.4) is 0 Å². The summed E-state index contributed by atoms with van der Waals surface area (Å²) in [5.41, 5.74) is 0.206. The molecule has 5 heteroatoms. The van der Waals surface area contributed by atoms with Gasteiger partial charge in [-0.25, -0.2) is 4.39 Å². The molecule has 0 saturated heterocycles. The Morgan fingerprint density at radius 1 is 1.53 bits per heavy atom. The second-order valence-corrected chi connectivity index (χ2v) is 4.36. The van der Waals surface area contributed by atoms with Crippen molar-refractivity contribution in [2.75, 3.05) is 6.54 Å². The topological polar surface area (TPSA) is 62.2 Å². The number of aromatic nitrogens is 1. The van der Waals surface area contributed by atoms with Crippen LogP contribution in [0.15, 0.2) is 18.5 Å². The van der Waals surface area contributed by atoms with Crippen molar-refractivity contribution >= 4 is 5.91 Å². The van der Waals surface area contributed by atoms with Gasteiger partial charge in [0.1, 0.15) is 5.82 Å². The van der Waals surface area contributed by atoms with Crippen LogP contribution >= 0.6 is 0 Å². The number of hydrogen-bond donors (Lipinski definition) is 2. The molecular weight excluding hydrogens is 223 g/mol. The zero-order chi connectivity index (χ0) is 12.3. The number of rotatable bonds is 3. The van der Waals surface area contributed by atoms with E-state index in [1.807, 2.05) is 0 Å². The van der Waals surface area contributed by atoms with E-state index in [9.17, 15) is 14.3 Å². The summed E-state index contributed by atoms with van der Waals surface area (Å²) in [6, 6.07) is 1.15. The minimum atomic E-state index is -0.529. The number of carbonyl (C=O) groups excluding carboxylic acids is 1. The number of aliphatic hydroxyl groups is 1. The smallest absolute Gasteiger partial charge is 0.252 e. The lowest BCUT2D eigenvalue weighted by atomic mass is 10.1. The van der Waals surface area contributed by atoms with Gasteiger partial charge >= 0.3 is 0 Å². The van der Waals surface area contributed by atoms with Crippen LogP contribution in [0.25, 0.3) is 0 Å². The number of amides is 1. The number of pyridine rings is 1. The molecule has 2 rings (SSSR count). The second kappa shape index (κ2) is 5.23. The predicted molar refractivity (Wildman–Crippen MR) is 59.9 cm³/mol. The third kappa shape index (κ3) is 3.00. The van der Waals surface area contributed by atoms with Crippen LogP contribution in [0.5, 0.6) is 0 Å². The Morgan fingerprint density at radius 3 is 3.00 bits per heavy atom. The van der Waals surface area contributed by atoms with Gasteiger partial charge in [0.2, 0.25) is 0 Å². The zero-order valence-electron chi connectivity index (χ0n) is 9.40. The molecule has 1 aliphatic carbocycles. The fourth-order valence-corrected chi connectivity index (χ4v) is 2.12. The summed E-state index contributed by atoms with van der Waals surface area (Å²) in [6.45, 7) is 0.427. The summed E-state index contributed by atoms with van der Waals surface area (Å²) in [4.78, 5) is 15.3. The van der Waals surface area contributed by atoms with Crippen LogP contribution in [0.2, 0.25) is 0 Å². The normalized spacial score (nSPS) is 23.6. The molecule has 0 bridgehead atoms. The number of nitrogens with one attached hydrogen (secondary N) is 1. The summed E-state index contributed by atoms with van der Waals surface area (Å²) in [5, 5.41) is 12.3. The van der Waals surface area contributed by atoms with E-state index >= 15 is 0 Å². The van der Waals surface area contributed by atoms with Gasteiger partial charge in [0.25, 0.3) is 5.91 Å². The van der Waals surface area contributed by atoms with Crippen LogP contribution in [-0.4, -0.2) is 28.6 Å². The lowest BCUT2D eigenvalue weighted by Crippen LogP contribution is -2.32. The van der Waals surface area contributed by atoms with E-state index in [1.165, 1.54) is 6.20 Å². The van der Waals surface area contributed by atoms with E-state index in [4.69, 9.17) is 0 Å². The van der Waals surface area contributed by atoms with E-state index in [-0.39, 0.29) is 23.5 Å². The second-order valence-electron chi connectivity index (χ2n) is 4.36. The molecule has 0 spiro atoms. The maximum absolute atomic E-state index is 12.8. The van der Waals surface area contributed by atoms with Gasteiger partial charge in [-0.3, -0.25) is 9.78 Å². The summed E-state index contributed by atoms with van der Waals surface area (Å²) < 4.78 is 12.8. The highest BCUT2D eigenvalue weighted by atomic mass is 19.1. The third-order valence-corrected chi connectivity index (χ3v) is 3.11. The number of aliphatic hydroxyl groups excluding tert-OH is 1. The molecule has 2 N–H and O–H groups in total. The Hall–Kier alpha value is -1.49. The van der Waals surface area contributed by atoms with Crippen LogP contribution in [0.1, 0.15) is 29.6 Å². The number of nitrogens with zero attached hydrogens (tertiary/aromatic N) is 1. The van der Waals surface area contributed by atoms with E-state index in [1.54, 1.807) is 0 Å². The molecule has 1 fully saturated rings. The van der Waals surface area contributed by atoms with Crippen LogP contribution in [0.4, 0.5) is 4.39 Å². The van der Waals surface area contributed by atoms with E-state index < -0.39 is 5.82 Å². The van der Waals surface area contributed by atoms with Gasteiger partial charge < -0.3 is 10.4 Å². The van der Waals surface area contributed by atoms with Crippen molar-refractivity contribution in [3.8, 4) is 0 Å². The number of hydrogen-bond acceptors (Lipinski definition) is 3. The highest BCUT2D eigenvalue weighted by molar-refractivity contribution is 5.93. The summed E-state index contributed by atoms with van der Waals surface area (Å²) >= 11 is 0. The van der Waals surface area contributed by atoms with E-state index in [0.29, 0.717) is 6.54 Å². The van der Waals surface area contributed by atoms with Gasteiger partial charge in [-0.2, -0.15) is 0 Å². The molecule has 1 aromatic rings. The van der Waals surface area contributed by atoms with Gasteiger partial charge in [-0.1, -0.05) is 6.42 Å². The van der Waals surface area contributed by atoms with E-state index in [0.717, 1.165) is 31.5 Å². The Labute approximate surface area is 98.9 Å². The monoisotopic (exact) mass is 238 g/mol. The molecule has 1 aromatic heterocycles. The van der Waals surface area contributed by atoms with E-state index in [2.05, 4.69) is 10.3 Å². The quantitative estimate of drug-likeness (QED) is 0.829. The Balaban J connectivity index is 1.89. The molecule has 1 aliphatic rings. The average Bonchev–Trinajstić information content (AvgIpc) is 2.72. The van der Waals surface area contributed by atoms with Crippen LogP contribution < -0.4 is 5.32 Å². The molecule has 2 atom stereocenters. The first-order valence-electron chi connectivity index (χ1n) is 5.73. The Morgan fingerprint density at radius 2 is 2.35 bits per heavy atom. The van der Waals surface area contributed by atoms with Crippen molar-refractivity contribution < 1.29 is 14.3 Å². The summed E-state index contributed by atoms with van der Waals surface area (Å²) in [6.07, 6.45) is 4.75. The maximum Gasteiger partial charge on any atom is 0.252 e. The van der Waals surface area contributed by atoms with Gasteiger partial charge in [-0.05, 0) is 18.9 Å². The predicted octanol–water partition coefficient (Wildman–Crippen LogP) is 1.11. The molecule has 17 heavy (non-hydrogen) atoms. The fourth-order valence-electron chi connectivity index (χ4n) is 2.12. The van der Waals surface area contributed by atoms with Gasteiger partial charge in [0.15, 0.2) is 0 Å².